The third-order valence-corrected chi connectivity index (χ3v) is 3.03. The van der Waals surface area contributed by atoms with Gasteiger partial charge in [-0.15, -0.1) is 0 Å². The van der Waals surface area contributed by atoms with Crippen LogP contribution in [0.15, 0.2) is 18.2 Å². The molecule has 0 aliphatic carbocycles. The Balaban J connectivity index is 2.15. The Labute approximate surface area is 96.6 Å². The molecule has 88 valence electrons. The van der Waals surface area contributed by atoms with Crippen molar-refractivity contribution < 1.29 is 4.74 Å². The molecule has 1 saturated heterocycles. The number of anilines is 1. The Kier molecular flexibility index (Phi) is 3.62. The maximum atomic E-state index is 5.16. The van der Waals surface area contributed by atoms with Gasteiger partial charge in [-0.05, 0) is 26.0 Å². The molecule has 2 rings (SSSR count). The fourth-order valence-corrected chi connectivity index (χ4v) is 2.26. The average molecular weight is 221 g/mol. The normalized spacial score (nSPS) is 20.1. The van der Waals surface area contributed by atoms with Crippen LogP contribution in [0.5, 0.6) is 5.88 Å². The molecule has 0 saturated carbocycles. The van der Waals surface area contributed by atoms with Gasteiger partial charge in [0, 0.05) is 25.2 Å². The molecule has 1 aromatic heterocycles. The molecule has 1 aliphatic rings. The molecule has 0 amide bonds. The van der Waals surface area contributed by atoms with Gasteiger partial charge >= 0.3 is 0 Å². The summed E-state index contributed by atoms with van der Waals surface area (Å²) in [7, 11) is 3.65. The van der Waals surface area contributed by atoms with Gasteiger partial charge in [-0.25, -0.2) is 0 Å². The Hall–Kier alpha value is -1.29. The van der Waals surface area contributed by atoms with Crippen molar-refractivity contribution in [3.8, 4) is 5.88 Å². The van der Waals surface area contributed by atoms with E-state index < -0.39 is 0 Å². The monoisotopic (exact) mass is 221 g/mol. The SMILES string of the molecule is CNCC1CCCN1c1cccc(OC)n1. The summed E-state index contributed by atoms with van der Waals surface area (Å²) in [5, 5.41) is 3.24. The first-order valence-electron chi connectivity index (χ1n) is 5.77. The number of pyridine rings is 1. The lowest BCUT2D eigenvalue weighted by Crippen LogP contribution is -2.37. The Morgan fingerprint density at radius 3 is 3.19 bits per heavy atom. The van der Waals surface area contributed by atoms with E-state index in [1.165, 1.54) is 12.8 Å². The van der Waals surface area contributed by atoms with Crippen molar-refractivity contribution in [3.05, 3.63) is 18.2 Å². The fourth-order valence-electron chi connectivity index (χ4n) is 2.26. The Morgan fingerprint density at radius 2 is 2.44 bits per heavy atom. The van der Waals surface area contributed by atoms with Crippen molar-refractivity contribution in [3.63, 3.8) is 0 Å². The topological polar surface area (TPSA) is 37.4 Å². The molecule has 1 N–H and O–H groups in total. The number of hydrogen-bond acceptors (Lipinski definition) is 4. The van der Waals surface area contributed by atoms with E-state index in [0.717, 1.165) is 18.9 Å². The number of nitrogens with zero attached hydrogens (tertiary/aromatic N) is 2. The highest BCUT2D eigenvalue weighted by Crippen LogP contribution is 2.24. The molecule has 1 fully saturated rings. The van der Waals surface area contributed by atoms with Crippen LogP contribution in [0, 0.1) is 0 Å². The molecule has 0 aromatic carbocycles. The van der Waals surface area contributed by atoms with Crippen LogP contribution in [-0.2, 0) is 0 Å². The summed E-state index contributed by atoms with van der Waals surface area (Å²) in [5.74, 6) is 1.71. The number of nitrogens with one attached hydrogen (secondary N) is 1. The van der Waals surface area contributed by atoms with Crippen LogP contribution < -0.4 is 15.0 Å². The zero-order chi connectivity index (χ0) is 11.4. The third-order valence-electron chi connectivity index (χ3n) is 3.03. The molecular weight excluding hydrogens is 202 g/mol. The molecule has 4 heteroatoms. The summed E-state index contributed by atoms with van der Waals surface area (Å²) in [5.41, 5.74) is 0. The van der Waals surface area contributed by atoms with E-state index in [2.05, 4.69) is 21.3 Å². The van der Waals surface area contributed by atoms with E-state index >= 15 is 0 Å². The van der Waals surface area contributed by atoms with Gasteiger partial charge < -0.3 is 15.0 Å². The quantitative estimate of drug-likeness (QED) is 0.831. The summed E-state index contributed by atoms with van der Waals surface area (Å²) < 4.78 is 5.16. The van der Waals surface area contributed by atoms with Crippen LogP contribution in [0.2, 0.25) is 0 Å². The van der Waals surface area contributed by atoms with Gasteiger partial charge in [-0.2, -0.15) is 4.98 Å². The van der Waals surface area contributed by atoms with Gasteiger partial charge in [-0.1, -0.05) is 6.07 Å². The zero-order valence-corrected chi connectivity index (χ0v) is 9.94. The minimum absolute atomic E-state index is 0.560. The lowest BCUT2D eigenvalue weighted by Gasteiger charge is -2.25. The molecule has 1 atom stereocenters. The second-order valence-corrected chi connectivity index (χ2v) is 4.09. The van der Waals surface area contributed by atoms with Crippen LogP contribution in [0.25, 0.3) is 0 Å². The molecule has 1 unspecified atom stereocenters. The predicted molar refractivity (Wildman–Crippen MR) is 65.1 cm³/mol. The van der Waals surface area contributed by atoms with Gasteiger partial charge in [0.05, 0.1) is 7.11 Å². The zero-order valence-electron chi connectivity index (χ0n) is 9.94. The summed E-state index contributed by atoms with van der Waals surface area (Å²) in [4.78, 5) is 6.84. The van der Waals surface area contributed by atoms with Crippen molar-refractivity contribution in [2.24, 2.45) is 0 Å². The minimum atomic E-state index is 0.560. The summed E-state index contributed by atoms with van der Waals surface area (Å²) >= 11 is 0. The average Bonchev–Trinajstić information content (AvgIpc) is 2.78. The maximum absolute atomic E-state index is 5.16. The second kappa shape index (κ2) is 5.16. The van der Waals surface area contributed by atoms with Gasteiger partial charge in [0.25, 0.3) is 0 Å². The highest BCUT2D eigenvalue weighted by Gasteiger charge is 2.24. The Morgan fingerprint density at radius 1 is 1.56 bits per heavy atom. The van der Waals surface area contributed by atoms with Gasteiger partial charge in [0.15, 0.2) is 0 Å². The van der Waals surface area contributed by atoms with Crippen LogP contribution in [0.1, 0.15) is 12.8 Å². The van der Waals surface area contributed by atoms with E-state index in [0.29, 0.717) is 11.9 Å². The van der Waals surface area contributed by atoms with Crippen molar-refractivity contribution in [1.82, 2.24) is 10.3 Å². The summed E-state index contributed by atoms with van der Waals surface area (Å²) in [6.45, 7) is 2.10. The highest BCUT2D eigenvalue weighted by molar-refractivity contribution is 5.43. The fraction of sp³-hybridized carbons (Fsp3) is 0.583. The van der Waals surface area contributed by atoms with Crippen LogP contribution in [0.4, 0.5) is 5.82 Å². The number of likely N-dealkylation sites (N-methyl/N-ethyl adjacent to an activating group) is 1. The van der Waals surface area contributed by atoms with E-state index in [9.17, 15) is 0 Å². The Bertz CT molecular complexity index is 343. The number of aromatic nitrogens is 1. The standard InChI is InChI=1S/C12H19N3O/c1-13-9-10-5-4-8-15(10)11-6-3-7-12(14-11)16-2/h3,6-7,10,13H,4-5,8-9H2,1-2H3. The molecule has 1 aromatic rings. The second-order valence-electron chi connectivity index (χ2n) is 4.09. The number of ether oxygens (including phenoxy) is 1. The lowest BCUT2D eigenvalue weighted by atomic mass is 10.2. The summed E-state index contributed by atoms with van der Waals surface area (Å²) in [6, 6.07) is 6.49. The first-order valence-corrected chi connectivity index (χ1v) is 5.77. The van der Waals surface area contributed by atoms with Crippen LogP contribution >= 0.6 is 0 Å². The molecule has 2 heterocycles. The van der Waals surface area contributed by atoms with E-state index in [1.807, 2.05) is 19.2 Å². The van der Waals surface area contributed by atoms with Crippen molar-refractivity contribution >= 4 is 5.82 Å². The first-order chi connectivity index (χ1) is 7.85. The third kappa shape index (κ3) is 2.27. The van der Waals surface area contributed by atoms with E-state index in [1.54, 1.807) is 7.11 Å². The molecule has 1 aliphatic heterocycles. The highest BCUT2D eigenvalue weighted by atomic mass is 16.5. The first kappa shape index (κ1) is 11.2. The molecule has 4 nitrogen and oxygen atoms in total. The van der Waals surface area contributed by atoms with E-state index in [4.69, 9.17) is 4.74 Å². The molecular formula is C12H19N3O. The van der Waals surface area contributed by atoms with Crippen LogP contribution in [0.3, 0.4) is 0 Å². The van der Waals surface area contributed by atoms with E-state index in [-0.39, 0.29) is 0 Å². The molecule has 16 heavy (non-hydrogen) atoms. The minimum Gasteiger partial charge on any atom is -0.481 e. The van der Waals surface area contributed by atoms with Crippen LogP contribution in [-0.4, -0.2) is 38.3 Å². The maximum Gasteiger partial charge on any atom is 0.214 e. The van der Waals surface area contributed by atoms with Gasteiger partial charge in [-0.3, -0.25) is 0 Å². The molecule has 0 bridgehead atoms. The number of hydrogen-bond donors (Lipinski definition) is 1. The molecule has 0 spiro atoms. The predicted octanol–water partition coefficient (Wildman–Crippen LogP) is 1.28. The number of rotatable bonds is 4. The van der Waals surface area contributed by atoms with Crippen molar-refractivity contribution in [1.29, 1.82) is 0 Å². The van der Waals surface area contributed by atoms with Crippen molar-refractivity contribution in [2.75, 3.05) is 32.1 Å². The molecule has 0 radical (unpaired) electrons. The van der Waals surface area contributed by atoms with Gasteiger partial charge in [0.1, 0.15) is 5.82 Å². The number of methoxy groups -OCH3 is 1. The lowest BCUT2D eigenvalue weighted by molar-refractivity contribution is 0.397. The summed E-state index contributed by atoms with van der Waals surface area (Å²) in [6.07, 6.45) is 2.48. The smallest absolute Gasteiger partial charge is 0.214 e. The largest absolute Gasteiger partial charge is 0.481 e. The van der Waals surface area contributed by atoms with Gasteiger partial charge in [0.2, 0.25) is 5.88 Å². The van der Waals surface area contributed by atoms with Crippen molar-refractivity contribution in [2.45, 2.75) is 18.9 Å².